The summed E-state index contributed by atoms with van der Waals surface area (Å²) in [6, 6.07) is 6.54. The van der Waals surface area contributed by atoms with Crippen molar-refractivity contribution in [3.05, 3.63) is 35.9 Å². The van der Waals surface area contributed by atoms with Gasteiger partial charge in [-0.1, -0.05) is 30.3 Å². The monoisotopic (exact) mass is 538 g/mol. The first-order valence-corrected chi connectivity index (χ1v) is 11.9. The van der Waals surface area contributed by atoms with Crippen molar-refractivity contribution in [2.45, 2.75) is 84.0 Å². The van der Waals surface area contributed by atoms with Crippen LogP contribution in [-0.4, -0.2) is 79.2 Å². The standard InChI is InChI=1S/C25H34N2O11/c1-13(20(26)24(32)34-11-18-9-7-6-8-10-18)35-25-21(27-14(2)28)23(37-17(5)31)22(36-16(4)30)19(38-25)12-33-15(3)29/h6-10,13,19-23,25H,11-12,26H2,1-5H3,(H,27,28). The van der Waals surface area contributed by atoms with E-state index in [9.17, 15) is 24.0 Å². The number of carbonyl (C=O) groups is 5. The number of esters is 4. The summed E-state index contributed by atoms with van der Waals surface area (Å²) in [6.45, 7) is 5.74. The molecular weight excluding hydrogens is 504 g/mol. The first-order valence-electron chi connectivity index (χ1n) is 11.9. The predicted octanol–water partition coefficient (Wildman–Crippen LogP) is 0.118. The summed E-state index contributed by atoms with van der Waals surface area (Å²) in [5.41, 5.74) is 6.83. The van der Waals surface area contributed by atoms with Crippen molar-refractivity contribution in [2.75, 3.05) is 6.61 Å². The lowest BCUT2D eigenvalue weighted by molar-refractivity contribution is -0.287. The van der Waals surface area contributed by atoms with E-state index >= 15 is 0 Å². The highest BCUT2D eigenvalue weighted by molar-refractivity contribution is 5.76. The normalized spacial score (nSPS) is 24.3. The van der Waals surface area contributed by atoms with Crippen LogP contribution in [0.15, 0.2) is 30.3 Å². The van der Waals surface area contributed by atoms with Crippen LogP contribution in [0.25, 0.3) is 0 Å². The molecular formula is C25H34N2O11. The molecule has 0 radical (unpaired) electrons. The van der Waals surface area contributed by atoms with E-state index in [1.165, 1.54) is 20.8 Å². The fourth-order valence-corrected chi connectivity index (χ4v) is 3.72. The molecule has 1 aliphatic rings. The lowest BCUT2D eigenvalue weighted by Crippen LogP contribution is -2.67. The summed E-state index contributed by atoms with van der Waals surface area (Å²) in [7, 11) is 0. The lowest BCUT2D eigenvalue weighted by atomic mass is 9.95. The molecule has 210 valence electrons. The highest BCUT2D eigenvalue weighted by Crippen LogP contribution is 2.29. The van der Waals surface area contributed by atoms with E-state index in [1.807, 2.05) is 6.07 Å². The second-order valence-electron chi connectivity index (χ2n) is 8.68. The third kappa shape index (κ3) is 9.39. The van der Waals surface area contributed by atoms with Gasteiger partial charge in [0, 0.05) is 27.7 Å². The molecule has 7 unspecified atom stereocenters. The van der Waals surface area contributed by atoms with Gasteiger partial charge in [-0.3, -0.25) is 24.0 Å². The fraction of sp³-hybridized carbons (Fsp3) is 0.560. The zero-order valence-electron chi connectivity index (χ0n) is 21.9. The number of carbonyl (C=O) groups excluding carboxylic acids is 5. The smallest absolute Gasteiger partial charge is 0.325 e. The lowest BCUT2D eigenvalue weighted by Gasteiger charge is -2.45. The van der Waals surface area contributed by atoms with Gasteiger partial charge in [0.15, 0.2) is 18.5 Å². The van der Waals surface area contributed by atoms with Crippen molar-refractivity contribution in [3.63, 3.8) is 0 Å². The van der Waals surface area contributed by atoms with Gasteiger partial charge in [-0.2, -0.15) is 0 Å². The Morgan fingerprint density at radius 2 is 1.53 bits per heavy atom. The Bertz CT molecular complexity index is 987. The van der Waals surface area contributed by atoms with Crippen LogP contribution in [0.1, 0.15) is 40.2 Å². The van der Waals surface area contributed by atoms with Gasteiger partial charge in [0.2, 0.25) is 5.91 Å². The van der Waals surface area contributed by atoms with Crippen LogP contribution in [0.2, 0.25) is 0 Å². The number of hydrogen-bond donors (Lipinski definition) is 2. The quantitative estimate of drug-likeness (QED) is 0.287. The third-order valence-corrected chi connectivity index (χ3v) is 5.42. The SMILES string of the molecule is CC(=O)NC1C(OC(C)C(N)C(=O)OCc2ccccc2)OC(COC(C)=O)C(OC(C)=O)C1OC(C)=O. The number of amides is 1. The Hall–Kier alpha value is -3.55. The van der Waals surface area contributed by atoms with Crippen molar-refractivity contribution in [1.82, 2.24) is 5.32 Å². The van der Waals surface area contributed by atoms with E-state index in [0.29, 0.717) is 0 Å². The molecule has 2 rings (SSSR count). The van der Waals surface area contributed by atoms with Crippen LogP contribution in [0.4, 0.5) is 0 Å². The molecule has 1 saturated heterocycles. The zero-order valence-corrected chi connectivity index (χ0v) is 21.9. The van der Waals surface area contributed by atoms with Gasteiger partial charge < -0.3 is 39.5 Å². The van der Waals surface area contributed by atoms with Gasteiger partial charge in [-0.15, -0.1) is 0 Å². The molecule has 1 aromatic carbocycles. The van der Waals surface area contributed by atoms with Crippen LogP contribution >= 0.6 is 0 Å². The van der Waals surface area contributed by atoms with E-state index in [1.54, 1.807) is 24.3 Å². The van der Waals surface area contributed by atoms with E-state index in [4.69, 9.17) is 34.2 Å². The van der Waals surface area contributed by atoms with Gasteiger partial charge in [0.1, 0.15) is 31.4 Å². The minimum Gasteiger partial charge on any atom is -0.463 e. The van der Waals surface area contributed by atoms with Gasteiger partial charge in [0.25, 0.3) is 0 Å². The van der Waals surface area contributed by atoms with Crippen molar-refractivity contribution in [3.8, 4) is 0 Å². The first kappa shape index (κ1) is 30.7. The summed E-state index contributed by atoms with van der Waals surface area (Å²) in [6.07, 6.45) is -6.10. The molecule has 0 aromatic heterocycles. The summed E-state index contributed by atoms with van der Waals surface area (Å²) in [4.78, 5) is 59.8. The molecule has 0 bridgehead atoms. The first-order chi connectivity index (χ1) is 17.9. The number of nitrogens with two attached hydrogens (primary N) is 1. The maximum absolute atomic E-state index is 12.6. The zero-order chi connectivity index (χ0) is 28.4. The van der Waals surface area contributed by atoms with Crippen LogP contribution in [0.5, 0.6) is 0 Å². The molecule has 13 nitrogen and oxygen atoms in total. The maximum atomic E-state index is 12.6. The highest BCUT2D eigenvalue weighted by atomic mass is 16.7. The molecule has 1 aromatic rings. The van der Waals surface area contributed by atoms with Crippen LogP contribution in [0.3, 0.4) is 0 Å². The topological polar surface area (TPSA) is 179 Å². The van der Waals surface area contributed by atoms with E-state index < -0.39 is 79.2 Å². The largest absolute Gasteiger partial charge is 0.463 e. The van der Waals surface area contributed by atoms with Crippen molar-refractivity contribution >= 4 is 29.8 Å². The van der Waals surface area contributed by atoms with E-state index in [-0.39, 0.29) is 6.61 Å². The molecule has 1 fully saturated rings. The molecule has 7 atom stereocenters. The molecule has 1 heterocycles. The van der Waals surface area contributed by atoms with Crippen LogP contribution < -0.4 is 11.1 Å². The highest BCUT2D eigenvalue weighted by Gasteiger charge is 2.52. The van der Waals surface area contributed by atoms with Crippen molar-refractivity contribution < 1.29 is 52.4 Å². The van der Waals surface area contributed by atoms with E-state index in [0.717, 1.165) is 19.4 Å². The Morgan fingerprint density at radius 3 is 2.08 bits per heavy atom. The third-order valence-electron chi connectivity index (χ3n) is 5.42. The average Bonchev–Trinajstić information content (AvgIpc) is 2.84. The number of benzene rings is 1. The second kappa shape index (κ2) is 14.4. The Kier molecular flexibility index (Phi) is 11.6. The summed E-state index contributed by atoms with van der Waals surface area (Å²) < 4.78 is 32.9. The van der Waals surface area contributed by atoms with E-state index in [2.05, 4.69) is 5.32 Å². The summed E-state index contributed by atoms with van der Waals surface area (Å²) in [5, 5.41) is 2.57. The van der Waals surface area contributed by atoms with Gasteiger partial charge >= 0.3 is 23.9 Å². The van der Waals surface area contributed by atoms with Crippen LogP contribution in [0, 0.1) is 0 Å². The number of rotatable bonds is 11. The second-order valence-corrected chi connectivity index (χ2v) is 8.68. The maximum Gasteiger partial charge on any atom is 0.325 e. The minimum atomic E-state index is -1.36. The molecule has 0 aliphatic carbocycles. The molecule has 38 heavy (non-hydrogen) atoms. The number of ether oxygens (including phenoxy) is 6. The summed E-state index contributed by atoms with van der Waals surface area (Å²) in [5.74, 6) is -3.41. The fourth-order valence-electron chi connectivity index (χ4n) is 3.72. The molecule has 1 aliphatic heterocycles. The number of hydrogen-bond acceptors (Lipinski definition) is 12. The van der Waals surface area contributed by atoms with Gasteiger partial charge in [-0.05, 0) is 12.5 Å². The van der Waals surface area contributed by atoms with Crippen LogP contribution in [-0.2, 0) is 59.0 Å². The Balaban J connectivity index is 2.27. The Morgan fingerprint density at radius 1 is 0.921 bits per heavy atom. The number of nitrogens with one attached hydrogen (secondary N) is 1. The van der Waals surface area contributed by atoms with Gasteiger partial charge in [0.05, 0.1) is 6.10 Å². The van der Waals surface area contributed by atoms with Crippen molar-refractivity contribution in [1.29, 1.82) is 0 Å². The Labute approximate surface area is 220 Å². The molecule has 3 N–H and O–H groups in total. The molecule has 0 spiro atoms. The molecule has 0 saturated carbocycles. The van der Waals surface area contributed by atoms with Gasteiger partial charge in [-0.25, -0.2) is 0 Å². The minimum absolute atomic E-state index is 0.00239. The molecule has 1 amide bonds. The average molecular weight is 539 g/mol. The summed E-state index contributed by atoms with van der Waals surface area (Å²) >= 11 is 0. The molecule has 13 heteroatoms. The predicted molar refractivity (Wildman–Crippen MR) is 129 cm³/mol. The van der Waals surface area contributed by atoms with Crippen molar-refractivity contribution in [2.24, 2.45) is 5.73 Å².